The minimum absolute atomic E-state index is 0.105. The molecule has 0 N–H and O–H groups in total. The first-order valence-corrected chi connectivity index (χ1v) is 5.43. The van der Waals surface area contributed by atoms with E-state index in [0.29, 0.717) is 0 Å². The molecule has 0 unspecified atom stereocenters. The lowest BCUT2D eigenvalue weighted by atomic mass is 9.98. The quantitative estimate of drug-likeness (QED) is 0.729. The van der Waals surface area contributed by atoms with Gasteiger partial charge in [0.25, 0.3) is 0 Å². The Morgan fingerprint density at radius 3 is 2.26 bits per heavy atom. The van der Waals surface area contributed by atoms with Crippen LogP contribution in [0.25, 0.3) is 11.1 Å². The first-order valence-electron chi connectivity index (χ1n) is 5.43. The van der Waals surface area contributed by atoms with Crippen molar-refractivity contribution in [3.05, 3.63) is 53.8 Å². The van der Waals surface area contributed by atoms with Crippen molar-refractivity contribution in [2.75, 3.05) is 7.11 Å². The van der Waals surface area contributed by atoms with Gasteiger partial charge in [-0.15, -0.1) is 0 Å². The number of methoxy groups -OCH3 is 1. The van der Waals surface area contributed by atoms with Crippen LogP contribution in [-0.4, -0.2) is 7.11 Å². The average Bonchev–Trinajstić information content (AvgIpc) is 2.36. The third-order valence-electron chi connectivity index (χ3n) is 2.67. The van der Waals surface area contributed by atoms with E-state index in [1.165, 1.54) is 43.5 Å². The molecule has 2 aromatic rings. The van der Waals surface area contributed by atoms with Crippen LogP contribution in [0.2, 0.25) is 0 Å². The van der Waals surface area contributed by atoms with Crippen molar-refractivity contribution in [2.45, 2.75) is 6.18 Å². The van der Waals surface area contributed by atoms with E-state index in [1.807, 2.05) is 0 Å². The Bertz CT molecular complexity index is 590. The minimum atomic E-state index is -4.58. The van der Waals surface area contributed by atoms with E-state index in [4.69, 9.17) is 4.74 Å². The maximum atomic E-state index is 13.2. The van der Waals surface area contributed by atoms with Crippen LogP contribution < -0.4 is 4.74 Å². The molecule has 0 atom stereocenters. The number of hydrogen-bond donors (Lipinski definition) is 0. The van der Waals surface area contributed by atoms with Crippen LogP contribution >= 0.6 is 0 Å². The molecule has 0 saturated heterocycles. The molecule has 0 amide bonds. The minimum Gasteiger partial charge on any atom is -0.496 e. The summed E-state index contributed by atoms with van der Waals surface area (Å²) in [6, 6.07) is 8.98. The van der Waals surface area contributed by atoms with E-state index in [0.717, 1.165) is 6.07 Å². The maximum Gasteiger partial charge on any atom is 0.420 e. The van der Waals surface area contributed by atoms with Gasteiger partial charge in [0.1, 0.15) is 17.1 Å². The van der Waals surface area contributed by atoms with Crippen LogP contribution in [0.1, 0.15) is 5.56 Å². The fourth-order valence-electron chi connectivity index (χ4n) is 1.89. The third-order valence-corrected chi connectivity index (χ3v) is 2.67. The number of alkyl halides is 3. The van der Waals surface area contributed by atoms with E-state index >= 15 is 0 Å². The molecule has 2 aromatic carbocycles. The highest BCUT2D eigenvalue weighted by molar-refractivity contribution is 5.71. The standard InChI is InChI=1S/C14H10F4O/c1-19-12-7-3-6-11(13(12)14(16,17)18)9-4-2-5-10(15)8-9/h2-8H,1H3. The molecule has 2 rings (SSSR count). The highest BCUT2D eigenvalue weighted by atomic mass is 19.4. The van der Waals surface area contributed by atoms with Gasteiger partial charge in [-0.1, -0.05) is 24.3 Å². The summed E-state index contributed by atoms with van der Waals surface area (Å²) in [5, 5.41) is 0. The van der Waals surface area contributed by atoms with Crippen molar-refractivity contribution in [1.29, 1.82) is 0 Å². The number of benzene rings is 2. The number of rotatable bonds is 2. The van der Waals surface area contributed by atoms with Crippen LogP contribution in [0.3, 0.4) is 0 Å². The molecule has 0 aliphatic rings. The van der Waals surface area contributed by atoms with Crippen LogP contribution in [0, 0.1) is 5.82 Å². The summed E-state index contributed by atoms with van der Waals surface area (Å²) in [5.41, 5.74) is -0.847. The van der Waals surface area contributed by atoms with Crippen LogP contribution in [-0.2, 0) is 6.18 Å². The highest BCUT2D eigenvalue weighted by Crippen LogP contribution is 2.42. The molecule has 0 radical (unpaired) electrons. The van der Waals surface area contributed by atoms with Crippen LogP contribution in [0.15, 0.2) is 42.5 Å². The van der Waals surface area contributed by atoms with Crippen molar-refractivity contribution in [2.24, 2.45) is 0 Å². The lowest BCUT2D eigenvalue weighted by Gasteiger charge is -2.16. The average molecular weight is 270 g/mol. The second-order valence-corrected chi connectivity index (χ2v) is 3.89. The summed E-state index contributed by atoms with van der Waals surface area (Å²) in [6.45, 7) is 0. The van der Waals surface area contributed by atoms with Gasteiger partial charge in [0, 0.05) is 0 Å². The van der Waals surface area contributed by atoms with Gasteiger partial charge in [-0.05, 0) is 29.3 Å². The van der Waals surface area contributed by atoms with Gasteiger partial charge in [0.05, 0.1) is 7.11 Å². The molecular weight excluding hydrogens is 260 g/mol. The Morgan fingerprint density at radius 1 is 1.00 bits per heavy atom. The Morgan fingerprint density at radius 2 is 1.68 bits per heavy atom. The summed E-state index contributed by atoms with van der Waals surface area (Å²) >= 11 is 0. The Hall–Kier alpha value is -2.04. The second kappa shape index (κ2) is 4.91. The van der Waals surface area contributed by atoms with Gasteiger partial charge in [-0.25, -0.2) is 4.39 Å². The molecule has 100 valence electrons. The van der Waals surface area contributed by atoms with Gasteiger partial charge in [-0.3, -0.25) is 0 Å². The zero-order valence-electron chi connectivity index (χ0n) is 9.96. The van der Waals surface area contributed by atoms with Crippen molar-refractivity contribution in [1.82, 2.24) is 0 Å². The lowest BCUT2D eigenvalue weighted by molar-refractivity contribution is -0.138. The third kappa shape index (κ3) is 2.70. The summed E-state index contributed by atoms with van der Waals surface area (Å²) < 4.78 is 57.2. The van der Waals surface area contributed by atoms with Crippen molar-refractivity contribution in [3.8, 4) is 16.9 Å². The molecule has 5 heteroatoms. The molecule has 0 saturated carbocycles. The molecule has 0 fully saturated rings. The molecule has 0 aliphatic carbocycles. The topological polar surface area (TPSA) is 9.23 Å². The fourth-order valence-corrected chi connectivity index (χ4v) is 1.89. The van der Waals surface area contributed by atoms with E-state index in [1.54, 1.807) is 0 Å². The molecule has 0 aromatic heterocycles. The van der Waals surface area contributed by atoms with Crippen LogP contribution in [0.5, 0.6) is 5.75 Å². The maximum absolute atomic E-state index is 13.2. The lowest BCUT2D eigenvalue weighted by Crippen LogP contribution is -2.09. The number of ether oxygens (including phenoxy) is 1. The van der Waals surface area contributed by atoms with Crippen molar-refractivity contribution in [3.63, 3.8) is 0 Å². The van der Waals surface area contributed by atoms with E-state index < -0.39 is 17.6 Å². The second-order valence-electron chi connectivity index (χ2n) is 3.89. The van der Waals surface area contributed by atoms with Gasteiger partial charge >= 0.3 is 6.18 Å². The molecule has 0 spiro atoms. The molecule has 0 aliphatic heterocycles. The van der Waals surface area contributed by atoms with E-state index in [-0.39, 0.29) is 16.9 Å². The van der Waals surface area contributed by atoms with E-state index in [9.17, 15) is 17.6 Å². The first-order chi connectivity index (χ1) is 8.93. The monoisotopic (exact) mass is 270 g/mol. The SMILES string of the molecule is COc1cccc(-c2cccc(F)c2)c1C(F)(F)F. The summed E-state index contributed by atoms with van der Waals surface area (Å²) in [4.78, 5) is 0. The zero-order valence-corrected chi connectivity index (χ0v) is 9.96. The highest BCUT2D eigenvalue weighted by Gasteiger charge is 2.37. The smallest absolute Gasteiger partial charge is 0.420 e. The molecular formula is C14H10F4O. The summed E-state index contributed by atoms with van der Waals surface area (Å²) in [7, 11) is 1.17. The first kappa shape index (κ1) is 13.4. The van der Waals surface area contributed by atoms with Crippen molar-refractivity contribution >= 4 is 0 Å². The summed E-state index contributed by atoms with van der Waals surface area (Å²) in [6.07, 6.45) is -4.58. The van der Waals surface area contributed by atoms with Crippen LogP contribution in [0.4, 0.5) is 17.6 Å². The van der Waals surface area contributed by atoms with Gasteiger partial charge in [-0.2, -0.15) is 13.2 Å². The van der Waals surface area contributed by atoms with Gasteiger partial charge < -0.3 is 4.74 Å². The number of halogens is 4. The predicted octanol–water partition coefficient (Wildman–Crippen LogP) is 4.52. The Labute approximate surface area is 107 Å². The zero-order chi connectivity index (χ0) is 14.0. The predicted molar refractivity (Wildman–Crippen MR) is 63.4 cm³/mol. The van der Waals surface area contributed by atoms with Gasteiger partial charge in [0.2, 0.25) is 0 Å². The molecule has 1 nitrogen and oxygen atoms in total. The fraction of sp³-hybridized carbons (Fsp3) is 0.143. The Kier molecular flexibility index (Phi) is 3.46. The van der Waals surface area contributed by atoms with Gasteiger partial charge in [0.15, 0.2) is 0 Å². The molecule has 0 bridgehead atoms. The number of hydrogen-bond acceptors (Lipinski definition) is 1. The molecule has 0 heterocycles. The van der Waals surface area contributed by atoms with Crippen molar-refractivity contribution < 1.29 is 22.3 Å². The normalized spacial score (nSPS) is 11.4. The molecule has 19 heavy (non-hydrogen) atoms. The largest absolute Gasteiger partial charge is 0.496 e. The summed E-state index contributed by atoms with van der Waals surface area (Å²) in [5.74, 6) is -0.872. The Balaban J connectivity index is 2.70. The van der Waals surface area contributed by atoms with E-state index in [2.05, 4.69) is 0 Å².